The summed E-state index contributed by atoms with van der Waals surface area (Å²) < 4.78 is 5.46. The van der Waals surface area contributed by atoms with Gasteiger partial charge in [0.1, 0.15) is 5.76 Å². The highest BCUT2D eigenvalue weighted by molar-refractivity contribution is 5.42. The standard InChI is InChI=1S/C11H17NO/c1-8-5-9-7-11(9,12(2)3)10(6-8)13-4/h5-6,9H,7H2,1-4H3. The summed E-state index contributed by atoms with van der Waals surface area (Å²) in [6, 6.07) is 0. The van der Waals surface area contributed by atoms with Crippen molar-refractivity contribution in [3.63, 3.8) is 0 Å². The highest BCUT2D eigenvalue weighted by Gasteiger charge is 2.59. The number of rotatable bonds is 2. The summed E-state index contributed by atoms with van der Waals surface area (Å²) in [4.78, 5) is 2.27. The summed E-state index contributed by atoms with van der Waals surface area (Å²) in [7, 11) is 6.02. The molecule has 0 amide bonds. The lowest BCUT2D eigenvalue weighted by molar-refractivity contribution is 0.172. The fourth-order valence-corrected chi connectivity index (χ4v) is 2.42. The SMILES string of the molecule is COC1=CC(C)=CC2CC12N(C)C. The minimum atomic E-state index is 0.189. The van der Waals surface area contributed by atoms with E-state index in [1.165, 1.54) is 12.0 Å². The molecule has 0 aromatic carbocycles. The zero-order chi connectivity index (χ0) is 9.64. The molecule has 0 aromatic heterocycles. The van der Waals surface area contributed by atoms with Gasteiger partial charge in [0.2, 0.25) is 0 Å². The molecule has 2 aliphatic rings. The summed E-state index contributed by atoms with van der Waals surface area (Å²) in [5.74, 6) is 1.80. The Labute approximate surface area is 79.9 Å². The Morgan fingerprint density at radius 2 is 2.23 bits per heavy atom. The molecule has 2 unspecified atom stereocenters. The van der Waals surface area contributed by atoms with Crippen molar-refractivity contribution in [1.29, 1.82) is 0 Å². The number of allylic oxidation sites excluding steroid dienone is 2. The van der Waals surface area contributed by atoms with Crippen molar-refractivity contribution in [3.05, 3.63) is 23.5 Å². The van der Waals surface area contributed by atoms with Crippen LogP contribution in [0.5, 0.6) is 0 Å². The van der Waals surface area contributed by atoms with Gasteiger partial charge in [0, 0.05) is 5.92 Å². The van der Waals surface area contributed by atoms with Crippen LogP contribution in [-0.4, -0.2) is 31.6 Å². The number of likely N-dealkylation sites (N-methyl/N-ethyl adjacent to an activating group) is 1. The molecule has 0 saturated heterocycles. The first-order valence-corrected chi connectivity index (χ1v) is 4.73. The Balaban J connectivity index is 2.34. The van der Waals surface area contributed by atoms with Gasteiger partial charge in [-0.1, -0.05) is 11.6 Å². The van der Waals surface area contributed by atoms with Crippen molar-refractivity contribution in [1.82, 2.24) is 4.90 Å². The summed E-state index contributed by atoms with van der Waals surface area (Å²) in [5.41, 5.74) is 1.52. The van der Waals surface area contributed by atoms with Crippen LogP contribution in [0.15, 0.2) is 23.5 Å². The van der Waals surface area contributed by atoms with E-state index in [1.54, 1.807) is 7.11 Å². The van der Waals surface area contributed by atoms with Gasteiger partial charge in [-0.3, -0.25) is 4.90 Å². The number of nitrogens with zero attached hydrogens (tertiary/aromatic N) is 1. The van der Waals surface area contributed by atoms with Crippen molar-refractivity contribution < 1.29 is 4.74 Å². The molecule has 0 spiro atoms. The van der Waals surface area contributed by atoms with Crippen molar-refractivity contribution in [3.8, 4) is 0 Å². The van der Waals surface area contributed by atoms with E-state index >= 15 is 0 Å². The van der Waals surface area contributed by atoms with Gasteiger partial charge in [-0.2, -0.15) is 0 Å². The minimum Gasteiger partial charge on any atom is -0.499 e. The lowest BCUT2D eigenvalue weighted by Gasteiger charge is -2.29. The van der Waals surface area contributed by atoms with E-state index in [1.807, 2.05) is 0 Å². The van der Waals surface area contributed by atoms with Crippen molar-refractivity contribution in [2.24, 2.45) is 5.92 Å². The van der Waals surface area contributed by atoms with Crippen molar-refractivity contribution >= 4 is 0 Å². The largest absolute Gasteiger partial charge is 0.499 e. The van der Waals surface area contributed by atoms with Gasteiger partial charge in [-0.25, -0.2) is 0 Å². The third-order valence-electron chi connectivity index (χ3n) is 3.25. The fraction of sp³-hybridized carbons (Fsp3) is 0.636. The van der Waals surface area contributed by atoms with Crippen LogP contribution in [0.2, 0.25) is 0 Å². The topological polar surface area (TPSA) is 12.5 Å². The van der Waals surface area contributed by atoms with Gasteiger partial charge in [0.05, 0.1) is 12.6 Å². The van der Waals surface area contributed by atoms with Gasteiger partial charge in [0.25, 0.3) is 0 Å². The van der Waals surface area contributed by atoms with Crippen LogP contribution in [0.1, 0.15) is 13.3 Å². The molecule has 2 nitrogen and oxygen atoms in total. The molecule has 2 rings (SSSR count). The second kappa shape index (κ2) is 2.61. The minimum absolute atomic E-state index is 0.189. The molecule has 1 fully saturated rings. The van der Waals surface area contributed by atoms with Crippen LogP contribution in [0.3, 0.4) is 0 Å². The normalized spacial score (nSPS) is 36.5. The van der Waals surface area contributed by atoms with Crippen molar-refractivity contribution in [2.75, 3.05) is 21.2 Å². The molecule has 0 radical (unpaired) electrons. The molecule has 0 heterocycles. The number of methoxy groups -OCH3 is 1. The van der Waals surface area contributed by atoms with E-state index in [9.17, 15) is 0 Å². The van der Waals surface area contributed by atoms with Crippen molar-refractivity contribution in [2.45, 2.75) is 18.9 Å². The summed E-state index contributed by atoms with van der Waals surface area (Å²) in [5, 5.41) is 0. The number of hydrogen-bond acceptors (Lipinski definition) is 2. The highest BCUT2D eigenvalue weighted by Crippen LogP contribution is 2.56. The third kappa shape index (κ3) is 1.05. The molecular weight excluding hydrogens is 162 g/mol. The van der Waals surface area contributed by atoms with Crippen LogP contribution >= 0.6 is 0 Å². The van der Waals surface area contributed by atoms with E-state index in [-0.39, 0.29) is 5.54 Å². The molecule has 1 saturated carbocycles. The number of fused-ring (bicyclic) bond motifs is 1. The van der Waals surface area contributed by atoms with Gasteiger partial charge < -0.3 is 4.74 Å². The Kier molecular flexibility index (Phi) is 1.77. The lowest BCUT2D eigenvalue weighted by Crippen LogP contribution is -2.35. The Bertz CT molecular complexity index is 290. The van der Waals surface area contributed by atoms with Gasteiger partial charge >= 0.3 is 0 Å². The first-order valence-electron chi connectivity index (χ1n) is 4.73. The number of ether oxygens (including phenoxy) is 1. The smallest absolute Gasteiger partial charge is 0.117 e. The molecule has 72 valence electrons. The molecule has 2 atom stereocenters. The van der Waals surface area contributed by atoms with Crippen LogP contribution < -0.4 is 0 Å². The van der Waals surface area contributed by atoms with Crippen LogP contribution in [0, 0.1) is 5.92 Å². The van der Waals surface area contributed by atoms with Crippen LogP contribution in [0.4, 0.5) is 0 Å². The zero-order valence-corrected chi connectivity index (χ0v) is 8.79. The summed E-state index contributed by atoms with van der Waals surface area (Å²) in [6.07, 6.45) is 5.71. The summed E-state index contributed by atoms with van der Waals surface area (Å²) in [6.45, 7) is 2.14. The monoisotopic (exact) mass is 179 g/mol. The maximum Gasteiger partial charge on any atom is 0.117 e. The quantitative estimate of drug-likeness (QED) is 0.641. The van der Waals surface area contributed by atoms with Crippen LogP contribution in [0.25, 0.3) is 0 Å². The maximum absolute atomic E-state index is 5.46. The van der Waals surface area contributed by atoms with E-state index < -0.39 is 0 Å². The van der Waals surface area contributed by atoms with E-state index in [2.05, 4.69) is 38.1 Å². The highest BCUT2D eigenvalue weighted by atomic mass is 16.5. The predicted octanol–water partition coefficient (Wildman–Crippen LogP) is 1.80. The third-order valence-corrected chi connectivity index (χ3v) is 3.25. The van der Waals surface area contributed by atoms with Gasteiger partial charge in [-0.05, 0) is 33.5 Å². The molecule has 13 heavy (non-hydrogen) atoms. The fourth-order valence-electron chi connectivity index (χ4n) is 2.42. The zero-order valence-electron chi connectivity index (χ0n) is 8.79. The molecule has 2 aliphatic carbocycles. The van der Waals surface area contributed by atoms with Gasteiger partial charge in [-0.15, -0.1) is 0 Å². The average molecular weight is 179 g/mol. The van der Waals surface area contributed by atoms with E-state index in [0.29, 0.717) is 5.92 Å². The predicted molar refractivity (Wildman–Crippen MR) is 53.4 cm³/mol. The number of hydrogen-bond donors (Lipinski definition) is 0. The van der Waals surface area contributed by atoms with E-state index in [4.69, 9.17) is 4.74 Å². The second-order valence-electron chi connectivity index (χ2n) is 4.25. The molecule has 2 heteroatoms. The summed E-state index contributed by atoms with van der Waals surface area (Å²) >= 11 is 0. The first-order chi connectivity index (χ1) is 6.11. The Morgan fingerprint density at radius 3 is 2.77 bits per heavy atom. The second-order valence-corrected chi connectivity index (χ2v) is 4.25. The van der Waals surface area contributed by atoms with Crippen LogP contribution in [-0.2, 0) is 4.74 Å². The molecule has 0 bridgehead atoms. The average Bonchev–Trinajstić information content (AvgIpc) is 2.77. The van der Waals surface area contributed by atoms with Gasteiger partial charge in [0.15, 0.2) is 0 Å². The lowest BCUT2D eigenvalue weighted by atomic mass is 10.0. The Hall–Kier alpha value is -0.760. The molecule has 0 aliphatic heterocycles. The first kappa shape index (κ1) is 8.82. The molecular formula is C11H17NO. The Morgan fingerprint density at radius 1 is 1.54 bits per heavy atom. The van der Waals surface area contributed by atoms with E-state index in [0.717, 1.165) is 5.76 Å². The molecule has 0 aromatic rings. The maximum atomic E-state index is 5.46. The molecule has 0 N–H and O–H groups in total.